The van der Waals surface area contributed by atoms with Gasteiger partial charge in [0.25, 0.3) is 0 Å². The Bertz CT molecular complexity index is 699. The van der Waals surface area contributed by atoms with Gasteiger partial charge in [-0.15, -0.1) is 0 Å². The van der Waals surface area contributed by atoms with E-state index in [-0.39, 0.29) is 5.11 Å². The second kappa shape index (κ2) is 6.09. The lowest BCUT2D eigenvalue weighted by Crippen LogP contribution is -2.55. The molecule has 122 valence electrons. The standard InChI is InChI=1S/C14H20N8S/c1-14(18-9-3-4-9)19-10(6-17-21-13(15)23)5-11(20-14)12-7-16-8-22(12)2/h5-9,18,20H,3-4H2,1-2H3,(H3,15,21,23). The smallest absolute Gasteiger partial charge is 0.184 e. The molecule has 3 rings (SSSR count). The van der Waals surface area contributed by atoms with Crippen molar-refractivity contribution >= 4 is 35.0 Å². The van der Waals surface area contributed by atoms with Gasteiger partial charge in [0.05, 0.1) is 35.8 Å². The van der Waals surface area contributed by atoms with Crippen LogP contribution in [0.3, 0.4) is 0 Å². The zero-order chi connectivity index (χ0) is 16.4. The molecule has 0 saturated heterocycles. The quantitative estimate of drug-likeness (QED) is 0.345. The Balaban J connectivity index is 1.88. The van der Waals surface area contributed by atoms with E-state index < -0.39 is 5.79 Å². The Labute approximate surface area is 139 Å². The van der Waals surface area contributed by atoms with Gasteiger partial charge in [0.15, 0.2) is 10.9 Å². The fourth-order valence-electron chi connectivity index (χ4n) is 2.44. The molecular formula is C14H20N8S. The van der Waals surface area contributed by atoms with Gasteiger partial charge in [0.2, 0.25) is 0 Å². The Hall–Kier alpha value is -2.26. The molecule has 5 N–H and O–H groups in total. The second-order valence-corrected chi connectivity index (χ2v) is 6.27. The van der Waals surface area contributed by atoms with Gasteiger partial charge in [-0.25, -0.2) is 9.98 Å². The van der Waals surface area contributed by atoms with Crippen molar-refractivity contribution in [1.82, 2.24) is 25.6 Å². The van der Waals surface area contributed by atoms with Gasteiger partial charge in [-0.3, -0.25) is 10.7 Å². The largest absolute Gasteiger partial charge is 0.375 e. The Morgan fingerprint density at radius 3 is 3.00 bits per heavy atom. The average Bonchev–Trinajstić information content (AvgIpc) is 3.15. The van der Waals surface area contributed by atoms with Crippen molar-refractivity contribution in [3.05, 3.63) is 24.3 Å². The number of hydrogen-bond donors (Lipinski definition) is 4. The zero-order valence-electron chi connectivity index (χ0n) is 13.1. The zero-order valence-corrected chi connectivity index (χ0v) is 13.9. The second-order valence-electron chi connectivity index (χ2n) is 5.83. The van der Waals surface area contributed by atoms with Crippen molar-refractivity contribution in [3.63, 3.8) is 0 Å². The fourth-order valence-corrected chi connectivity index (χ4v) is 2.49. The maximum Gasteiger partial charge on any atom is 0.184 e. The fraction of sp³-hybridized carbons (Fsp3) is 0.429. The van der Waals surface area contributed by atoms with Crippen molar-refractivity contribution < 1.29 is 0 Å². The summed E-state index contributed by atoms with van der Waals surface area (Å²) >= 11 is 4.74. The third-order valence-corrected chi connectivity index (χ3v) is 3.64. The number of nitrogens with one attached hydrogen (secondary N) is 3. The van der Waals surface area contributed by atoms with E-state index in [9.17, 15) is 0 Å². The Morgan fingerprint density at radius 1 is 1.61 bits per heavy atom. The lowest BCUT2D eigenvalue weighted by molar-refractivity contribution is 0.331. The van der Waals surface area contributed by atoms with Crippen LogP contribution in [0.25, 0.3) is 5.70 Å². The molecule has 1 aliphatic carbocycles. The number of imidazole rings is 1. The monoisotopic (exact) mass is 332 g/mol. The molecule has 0 amide bonds. The summed E-state index contributed by atoms with van der Waals surface area (Å²) in [7, 11) is 1.95. The molecule has 1 fully saturated rings. The van der Waals surface area contributed by atoms with Gasteiger partial charge in [0.1, 0.15) is 0 Å². The number of aromatic nitrogens is 2. The Kier molecular flexibility index (Phi) is 4.14. The number of nitrogens with two attached hydrogens (primary N) is 1. The summed E-state index contributed by atoms with van der Waals surface area (Å²) in [4.78, 5) is 8.87. The van der Waals surface area contributed by atoms with Crippen LogP contribution in [0.5, 0.6) is 0 Å². The van der Waals surface area contributed by atoms with Crippen LogP contribution >= 0.6 is 12.2 Å². The highest BCUT2D eigenvalue weighted by atomic mass is 32.1. The summed E-state index contributed by atoms with van der Waals surface area (Å²) in [5, 5.41) is 11.1. The van der Waals surface area contributed by atoms with E-state index in [2.05, 4.69) is 26.1 Å². The van der Waals surface area contributed by atoms with E-state index in [0.717, 1.165) is 11.4 Å². The van der Waals surface area contributed by atoms with Crippen LogP contribution in [0.15, 0.2) is 28.7 Å². The minimum absolute atomic E-state index is 0.116. The first-order chi connectivity index (χ1) is 11.0. The van der Waals surface area contributed by atoms with E-state index in [1.54, 1.807) is 12.5 Å². The number of aliphatic imine (C=N–C) groups is 1. The van der Waals surface area contributed by atoms with Crippen molar-refractivity contribution in [2.75, 3.05) is 0 Å². The maximum absolute atomic E-state index is 5.37. The van der Waals surface area contributed by atoms with Gasteiger partial charge in [0, 0.05) is 13.1 Å². The van der Waals surface area contributed by atoms with Gasteiger partial charge < -0.3 is 15.6 Å². The third kappa shape index (κ3) is 3.93. The van der Waals surface area contributed by atoms with Gasteiger partial charge in [-0.05, 0) is 38.1 Å². The molecule has 8 nitrogen and oxygen atoms in total. The molecule has 2 aliphatic rings. The van der Waals surface area contributed by atoms with Crippen molar-refractivity contribution in [2.45, 2.75) is 31.6 Å². The molecule has 0 radical (unpaired) electrons. The summed E-state index contributed by atoms with van der Waals surface area (Å²) in [6.45, 7) is 2.00. The first kappa shape index (κ1) is 15.6. The summed E-state index contributed by atoms with van der Waals surface area (Å²) in [5.41, 5.74) is 10.5. The molecule has 23 heavy (non-hydrogen) atoms. The predicted octanol–water partition coefficient (Wildman–Crippen LogP) is 0.0499. The Morgan fingerprint density at radius 2 is 2.39 bits per heavy atom. The van der Waals surface area contributed by atoms with Crippen LogP contribution < -0.4 is 21.8 Å². The van der Waals surface area contributed by atoms with E-state index in [0.29, 0.717) is 11.8 Å². The molecule has 0 spiro atoms. The minimum Gasteiger partial charge on any atom is -0.375 e. The topological polar surface area (TPSA) is 105 Å². The van der Waals surface area contributed by atoms with Crippen molar-refractivity contribution in [3.8, 4) is 0 Å². The van der Waals surface area contributed by atoms with Crippen molar-refractivity contribution in [1.29, 1.82) is 0 Å². The predicted molar refractivity (Wildman–Crippen MR) is 94.7 cm³/mol. The summed E-state index contributed by atoms with van der Waals surface area (Å²) < 4.78 is 1.95. The number of thiocarbonyl (C=S) groups is 1. The van der Waals surface area contributed by atoms with Crippen molar-refractivity contribution in [2.24, 2.45) is 22.9 Å². The molecule has 1 unspecified atom stereocenters. The van der Waals surface area contributed by atoms with Gasteiger partial charge >= 0.3 is 0 Å². The van der Waals surface area contributed by atoms with E-state index in [4.69, 9.17) is 22.9 Å². The van der Waals surface area contributed by atoms with Crippen LogP contribution in [-0.4, -0.2) is 38.4 Å². The maximum atomic E-state index is 5.37. The van der Waals surface area contributed by atoms with Crippen LogP contribution in [0.2, 0.25) is 0 Å². The van der Waals surface area contributed by atoms with E-state index >= 15 is 0 Å². The number of hydrogen-bond acceptors (Lipinski definition) is 6. The van der Waals surface area contributed by atoms with E-state index in [1.807, 2.05) is 30.8 Å². The first-order valence-electron chi connectivity index (χ1n) is 7.38. The number of hydrazone groups is 1. The van der Waals surface area contributed by atoms with Crippen LogP contribution in [0, 0.1) is 0 Å². The van der Waals surface area contributed by atoms with Crippen LogP contribution in [0.4, 0.5) is 0 Å². The SMILES string of the molecule is Cn1cncc1C1=CC(C=NNC(N)=S)=NC(C)(NC2CC2)N1. The van der Waals surface area contributed by atoms with E-state index in [1.165, 1.54) is 12.8 Å². The molecule has 1 atom stereocenters. The molecule has 1 saturated carbocycles. The highest BCUT2D eigenvalue weighted by molar-refractivity contribution is 7.80. The molecule has 1 aromatic rings. The highest BCUT2D eigenvalue weighted by Crippen LogP contribution is 2.25. The van der Waals surface area contributed by atoms with Crippen LogP contribution in [-0.2, 0) is 7.05 Å². The lowest BCUT2D eigenvalue weighted by atomic mass is 10.1. The van der Waals surface area contributed by atoms with Gasteiger partial charge in [-0.1, -0.05) is 0 Å². The molecule has 1 aliphatic heterocycles. The molecule has 1 aromatic heterocycles. The average molecular weight is 332 g/mol. The third-order valence-electron chi connectivity index (χ3n) is 3.55. The number of allylic oxidation sites excluding steroid dienone is 1. The lowest BCUT2D eigenvalue weighted by Gasteiger charge is -2.33. The molecule has 0 bridgehead atoms. The highest BCUT2D eigenvalue weighted by Gasteiger charge is 2.34. The summed E-state index contributed by atoms with van der Waals surface area (Å²) in [5.74, 6) is -0.597. The number of rotatable bonds is 5. The minimum atomic E-state index is -0.597. The first-order valence-corrected chi connectivity index (χ1v) is 7.79. The normalized spacial score (nSPS) is 24.1. The number of aryl methyl sites for hydroxylation is 1. The molecular weight excluding hydrogens is 312 g/mol. The molecule has 0 aromatic carbocycles. The van der Waals surface area contributed by atoms with Gasteiger partial charge in [-0.2, -0.15) is 5.10 Å². The summed E-state index contributed by atoms with van der Waals surface area (Å²) in [6.07, 6.45) is 9.43. The molecule has 2 heterocycles. The summed E-state index contributed by atoms with van der Waals surface area (Å²) in [6, 6.07) is 0.495. The molecule has 9 heteroatoms. The van der Waals surface area contributed by atoms with Crippen LogP contribution in [0.1, 0.15) is 25.5 Å². The number of nitrogens with zero attached hydrogens (tertiary/aromatic N) is 4.